The number of anilines is 3. The first kappa shape index (κ1) is 27.8. The molecule has 2 fully saturated rings. The number of nitrogens with one attached hydrogen (secondary N) is 2. The molecule has 4 aromatic rings. The number of aliphatic hydroxyl groups is 1. The van der Waals surface area contributed by atoms with Gasteiger partial charge < -0.3 is 20.5 Å². The summed E-state index contributed by atoms with van der Waals surface area (Å²) in [7, 11) is 0. The van der Waals surface area contributed by atoms with Crippen LogP contribution in [-0.2, 0) is 6.54 Å². The van der Waals surface area contributed by atoms with E-state index in [4.69, 9.17) is 19.7 Å². The molecule has 0 amide bonds. The molecule has 4 heterocycles. The molecule has 0 bridgehead atoms. The highest BCUT2D eigenvalue weighted by molar-refractivity contribution is 7.22. The lowest BCUT2D eigenvalue weighted by atomic mass is 9.93. The fourth-order valence-corrected chi connectivity index (χ4v) is 6.55. The lowest BCUT2D eigenvalue weighted by Gasteiger charge is -2.27. The van der Waals surface area contributed by atoms with Crippen molar-refractivity contribution >= 4 is 38.5 Å². The van der Waals surface area contributed by atoms with Gasteiger partial charge in [0.25, 0.3) is 0 Å². The Morgan fingerprint density at radius 3 is 2.61 bits per heavy atom. The third-order valence-electron chi connectivity index (χ3n) is 7.69. The number of likely N-dealkylation sites (tertiary alicyclic amines) is 1. The van der Waals surface area contributed by atoms with E-state index in [1.165, 1.54) is 19.3 Å². The van der Waals surface area contributed by atoms with Crippen molar-refractivity contribution in [2.24, 2.45) is 0 Å². The monoisotopic (exact) mass is 573 g/mol. The molecular weight excluding hydrogens is 534 g/mol. The number of aliphatic hydroxyl groups excluding tert-OH is 1. The van der Waals surface area contributed by atoms with Gasteiger partial charge in [0.15, 0.2) is 5.13 Å². The topological polar surface area (TPSA) is 108 Å². The molecule has 216 valence electrons. The highest BCUT2D eigenvalue weighted by atomic mass is 32.1. The molecule has 3 N–H and O–H groups in total. The van der Waals surface area contributed by atoms with Gasteiger partial charge in [-0.05, 0) is 89.2 Å². The van der Waals surface area contributed by atoms with Crippen molar-refractivity contribution < 1.29 is 9.84 Å². The Morgan fingerprint density at radius 1 is 0.976 bits per heavy atom. The summed E-state index contributed by atoms with van der Waals surface area (Å²) in [6.45, 7) is 7.06. The van der Waals surface area contributed by atoms with E-state index in [1.54, 1.807) is 17.5 Å². The summed E-state index contributed by atoms with van der Waals surface area (Å²) < 4.78 is 6.93. The van der Waals surface area contributed by atoms with Gasteiger partial charge in [0, 0.05) is 30.4 Å². The number of aromatic nitrogens is 4. The Morgan fingerprint density at radius 2 is 1.80 bits per heavy atom. The summed E-state index contributed by atoms with van der Waals surface area (Å²) in [6, 6.07) is 10.6. The molecule has 0 unspecified atom stereocenters. The molecule has 6 rings (SSSR count). The molecule has 0 spiro atoms. The highest BCUT2D eigenvalue weighted by Gasteiger charge is 2.21. The average molecular weight is 574 g/mol. The zero-order valence-electron chi connectivity index (χ0n) is 23.8. The lowest BCUT2D eigenvalue weighted by Crippen LogP contribution is -2.30. The summed E-state index contributed by atoms with van der Waals surface area (Å²) in [6.07, 6.45) is 10.8. The Kier molecular flexibility index (Phi) is 8.59. The number of hydrogen-bond donors (Lipinski definition) is 3. The number of piperidine rings is 1. The van der Waals surface area contributed by atoms with Crippen LogP contribution in [0.25, 0.3) is 21.3 Å². The fraction of sp³-hybridized carbons (Fsp3) is 0.484. The number of nitrogens with zero attached hydrogens (tertiary/aromatic N) is 5. The van der Waals surface area contributed by atoms with Gasteiger partial charge in [-0.25, -0.2) is 9.97 Å². The minimum Gasteiger partial charge on any atom is -0.489 e. The van der Waals surface area contributed by atoms with Crippen LogP contribution in [0.3, 0.4) is 0 Å². The van der Waals surface area contributed by atoms with E-state index >= 15 is 0 Å². The lowest BCUT2D eigenvalue weighted by molar-refractivity contribution is 0.126. The van der Waals surface area contributed by atoms with Crippen molar-refractivity contribution in [3.8, 4) is 16.9 Å². The molecule has 1 aliphatic heterocycles. The summed E-state index contributed by atoms with van der Waals surface area (Å²) in [4.78, 5) is 21.4. The van der Waals surface area contributed by atoms with Crippen LogP contribution in [0, 0.1) is 0 Å². The van der Waals surface area contributed by atoms with Crippen LogP contribution in [0.5, 0.6) is 5.75 Å². The van der Waals surface area contributed by atoms with Crippen molar-refractivity contribution in [2.75, 3.05) is 23.7 Å². The van der Waals surface area contributed by atoms with Crippen LogP contribution in [0.4, 0.5) is 16.9 Å². The van der Waals surface area contributed by atoms with Crippen molar-refractivity contribution in [3.63, 3.8) is 0 Å². The van der Waals surface area contributed by atoms with E-state index in [9.17, 15) is 5.11 Å². The van der Waals surface area contributed by atoms with E-state index in [0.717, 1.165) is 89.1 Å². The molecule has 41 heavy (non-hydrogen) atoms. The van der Waals surface area contributed by atoms with Crippen LogP contribution in [0.1, 0.15) is 64.5 Å². The molecule has 1 saturated heterocycles. The molecule has 1 aromatic carbocycles. The molecule has 10 heteroatoms. The third kappa shape index (κ3) is 7.30. The molecule has 2 aliphatic rings. The molecule has 0 radical (unpaired) electrons. The van der Waals surface area contributed by atoms with E-state index < -0.39 is 0 Å². The first-order valence-corrected chi connectivity index (χ1v) is 15.6. The zero-order valence-corrected chi connectivity index (χ0v) is 24.7. The van der Waals surface area contributed by atoms with Gasteiger partial charge in [0.1, 0.15) is 11.6 Å². The van der Waals surface area contributed by atoms with Crippen LogP contribution < -0.4 is 15.4 Å². The van der Waals surface area contributed by atoms with Crippen molar-refractivity contribution in [2.45, 2.75) is 83.6 Å². The number of benzene rings is 1. The molecule has 9 nitrogen and oxygen atoms in total. The van der Waals surface area contributed by atoms with E-state index in [-0.39, 0.29) is 18.2 Å². The number of pyridine rings is 1. The van der Waals surface area contributed by atoms with E-state index in [2.05, 4.69) is 38.7 Å². The average Bonchev–Trinajstić information content (AvgIpc) is 3.36. The van der Waals surface area contributed by atoms with Crippen molar-refractivity contribution in [1.82, 2.24) is 24.8 Å². The molecule has 1 aliphatic carbocycles. The second-order valence-corrected chi connectivity index (χ2v) is 12.5. The highest BCUT2D eigenvalue weighted by Crippen LogP contribution is 2.33. The van der Waals surface area contributed by atoms with E-state index in [1.807, 2.05) is 32.2 Å². The van der Waals surface area contributed by atoms with Crippen LogP contribution in [-0.4, -0.2) is 61.3 Å². The second-order valence-electron chi connectivity index (χ2n) is 11.5. The maximum Gasteiger partial charge on any atom is 0.225 e. The summed E-state index contributed by atoms with van der Waals surface area (Å²) in [5, 5.41) is 17.7. The van der Waals surface area contributed by atoms with E-state index in [0.29, 0.717) is 5.95 Å². The van der Waals surface area contributed by atoms with Crippen LogP contribution >= 0.6 is 11.3 Å². The Balaban J connectivity index is 1.23. The fourth-order valence-electron chi connectivity index (χ4n) is 5.64. The first-order chi connectivity index (χ1) is 20.0. The molecular formula is C31H39N7O2S. The Hall–Kier alpha value is -3.34. The summed E-state index contributed by atoms with van der Waals surface area (Å²) >= 11 is 1.61. The molecule has 3 aromatic heterocycles. The maximum atomic E-state index is 9.92. The van der Waals surface area contributed by atoms with Gasteiger partial charge in [0.05, 0.1) is 34.3 Å². The van der Waals surface area contributed by atoms with Gasteiger partial charge >= 0.3 is 0 Å². The first-order valence-electron chi connectivity index (χ1n) is 14.8. The maximum absolute atomic E-state index is 9.92. The van der Waals surface area contributed by atoms with Crippen molar-refractivity contribution in [1.29, 1.82) is 0 Å². The minimum atomic E-state index is -0.190. The zero-order chi connectivity index (χ0) is 28.2. The summed E-state index contributed by atoms with van der Waals surface area (Å²) in [5.41, 5.74) is 4.02. The predicted octanol–water partition coefficient (Wildman–Crippen LogP) is 6.38. The largest absolute Gasteiger partial charge is 0.489 e. The van der Waals surface area contributed by atoms with Gasteiger partial charge in [-0.1, -0.05) is 23.8 Å². The van der Waals surface area contributed by atoms with Crippen LogP contribution in [0.15, 0.2) is 42.7 Å². The predicted molar refractivity (Wildman–Crippen MR) is 165 cm³/mol. The van der Waals surface area contributed by atoms with Crippen molar-refractivity contribution in [3.05, 3.63) is 48.4 Å². The molecule has 1 saturated carbocycles. The SMILES string of the molecule is CC(C)Oc1cncc(-c2ccc3nc(Nc4cc(CN5CCCCC5)nc(N[C@H]5CC[C@H](O)CC5)n4)sc3c2)c1. The Labute approximate surface area is 245 Å². The van der Waals surface area contributed by atoms with Gasteiger partial charge in [0.2, 0.25) is 5.95 Å². The number of hydrogen-bond acceptors (Lipinski definition) is 10. The smallest absolute Gasteiger partial charge is 0.225 e. The number of rotatable bonds is 9. The molecule has 0 atom stereocenters. The second kappa shape index (κ2) is 12.7. The van der Waals surface area contributed by atoms with Gasteiger partial charge in [-0.2, -0.15) is 4.98 Å². The third-order valence-corrected chi connectivity index (χ3v) is 8.62. The number of ether oxygens (including phenoxy) is 1. The van der Waals surface area contributed by atoms with Gasteiger partial charge in [-0.15, -0.1) is 0 Å². The number of fused-ring (bicyclic) bond motifs is 1. The minimum absolute atomic E-state index is 0.0955. The number of thiazole rings is 1. The quantitative estimate of drug-likeness (QED) is 0.210. The Bertz CT molecular complexity index is 1460. The van der Waals surface area contributed by atoms with Crippen LogP contribution in [0.2, 0.25) is 0 Å². The van der Waals surface area contributed by atoms with Gasteiger partial charge in [-0.3, -0.25) is 9.88 Å². The standard InChI is InChI=1S/C31H39N7O2S/c1-20(2)40-26-14-22(17-32-18-26)21-6-11-27-28(15-21)41-31(35-27)37-29-16-24(19-38-12-4-3-5-13-38)34-30(36-29)33-23-7-9-25(39)10-8-23/h6,11,14-18,20,23,25,39H,3-5,7-10,12-13,19H2,1-2H3,(H2,33,34,35,36,37)/t23-,25-. The normalized spacial score (nSPS) is 19.9. The summed E-state index contributed by atoms with van der Waals surface area (Å²) in [5.74, 6) is 2.15.